The first-order chi connectivity index (χ1) is 13.1. The van der Waals surface area contributed by atoms with Gasteiger partial charge in [0.2, 0.25) is 0 Å². The number of hydrogen-bond donors (Lipinski definition) is 1. The summed E-state index contributed by atoms with van der Waals surface area (Å²) in [6.07, 6.45) is 8.67. The normalized spacial score (nSPS) is 19.8. The molecule has 0 bridgehead atoms. The van der Waals surface area contributed by atoms with Gasteiger partial charge < -0.3 is 14.5 Å². The molecule has 1 N–H and O–H groups in total. The van der Waals surface area contributed by atoms with Crippen LogP contribution in [0.1, 0.15) is 48.7 Å². The minimum absolute atomic E-state index is 0.164. The highest BCUT2D eigenvalue weighted by atomic mass is 32.2. The molecule has 0 saturated heterocycles. The van der Waals surface area contributed by atoms with Gasteiger partial charge in [-0.3, -0.25) is 4.79 Å². The van der Waals surface area contributed by atoms with E-state index >= 15 is 0 Å². The highest BCUT2D eigenvalue weighted by molar-refractivity contribution is 7.98. The smallest absolute Gasteiger partial charge is 0.255 e. The molecule has 1 aliphatic rings. The van der Waals surface area contributed by atoms with Crippen LogP contribution >= 0.6 is 11.8 Å². The van der Waals surface area contributed by atoms with Crippen molar-refractivity contribution in [1.29, 1.82) is 0 Å². The van der Waals surface area contributed by atoms with Gasteiger partial charge in [0.25, 0.3) is 5.91 Å². The van der Waals surface area contributed by atoms with E-state index in [9.17, 15) is 4.79 Å². The number of furan rings is 1. The summed E-state index contributed by atoms with van der Waals surface area (Å²) in [5.41, 5.74) is 1.16. The molecule has 0 aliphatic heterocycles. The summed E-state index contributed by atoms with van der Waals surface area (Å²) in [7, 11) is 0. The van der Waals surface area contributed by atoms with Gasteiger partial charge in [-0.15, -0.1) is 11.8 Å². The number of thioether (sulfide) groups is 1. The molecule has 1 amide bonds. The van der Waals surface area contributed by atoms with Crippen LogP contribution in [0.4, 0.5) is 0 Å². The van der Waals surface area contributed by atoms with E-state index in [2.05, 4.69) is 22.2 Å². The van der Waals surface area contributed by atoms with E-state index in [1.165, 1.54) is 31.0 Å². The van der Waals surface area contributed by atoms with Gasteiger partial charge in [-0.2, -0.15) is 0 Å². The number of hydrogen-bond acceptors (Lipinski definition) is 6. The summed E-state index contributed by atoms with van der Waals surface area (Å²) >= 11 is 1.43. The van der Waals surface area contributed by atoms with Crippen molar-refractivity contribution < 1.29 is 13.9 Å². The third kappa shape index (κ3) is 4.90. The molecule has 0 aromatic carbocycles. The Morgan fingerprint density at radius 1 is 1.37 bits per heavy atom. The monoisotopic (exact) mass is 389 g/mol. The average Bonchev–Trinajstić information content (AvgIpc) is 3.20. The Kier molecular flexibility index (Phi) is 6.90. The van der Waals surface area contributed by atoms with Crippen molar-refractivity contribution in [3.8, 4) is 11.6 Å². The van der Waals surface area contributed by atoms with Gasteiger partial charge in [0, 0.05) is 6.54 Å². The number of ether oxygens (including phenoxy) is 1. The largest absolute Gasteiger partial charge is 0.461 e. The molecule has 1 fully saturated rings. The standard InChI is InChI=1S/C20H27N3O3S/c1-13-7-4-5-8-15(13)26-12-10-21-19(24)17-14(2)22-18(23-20(17)27-3)16-9-6-11-25-16/h6,9,11,13,15H,4-5,7-8,10,12H2,1-3H3,(H,21,24). The summed E-state index contributed by atoms with van der Waals surface area (Å²) in [6, 6.07) is 3.60. The summed E-state index contributed by atoms with van der Waals surface area (Å²) in [5.74, 6) is 1.52. The second-order valence-corrected chi connectivity index (χ2v) is 7.72. The lowest BCUT2D eigenvalue weighted by Crippen LogP contribution is -2.32. The molecule has 3 rings (SSSR count). The van der Waals surface area contributed by atoms with Crippen molar-refractivity contribution >= 4 is 17.7 Å². The average molecular weight is 390 g/mol. The first-order valence-corrected chi connectivity index (χ1v) is 10.7. The number of rotatable bonds is 7. The molecule has 0 radical (unpaired) electrons. The zero-order valence-electron chi connectivity index (χ0n) is 16.2. The minimum Gasteiger partial charge on any atom is -0.461 e. The van der Waals surface area contributed by atoms with Gasteiger partial charge in [0.1, 0.15) is 5.03 Å². The van der Waals surface area contributed by atoms with Gasteiger partial charge >= 0.3 is 0 Å². The van der Waals surface area contributed by atoms with Gasteiger partial charge in [0.05, 0.1) is 30.2 Å². The number of carbonyl (C=O) groups excluding carboxylic acids is 1. The zero-order valence-corrected chi connectivity index (χ0v) is 17.0. The van der Waals surface area contributed by atoms with Crippen molar-refractivity contribution in [2.24, 2.45) is 5.92 Å². The lowest BCUT2D eigenvalue weighted by molar-refractivity contribution is -0.00295. The summed E-state index contributed by atoms with van der Waals surface area (Å²) in [5, 5.41) is 3.59. The van der Waals surface area contributed by atoms with E-state index < -0.39 is 0 Å². The maximum Gasteiger partial charge on any atom is 0.255 e. The predicted molar refractivity (Wildman–Crippen MR) is 106 cm³/mol. The molecule has 146 valence electrons. The van der Waals surface area contributed by atoms with E-state index in [-0.39, 0.29) is 5.91 Å². The van der Waals surface area contributed by atoms with Crippen molar-refractivity contribution in [2.45, 2.75) is 50.7 Å². The zero-order chi connectivity index (χ0) is 19.2. The van der Waals surface area contributed by atoms with E-state index in [1.54, 1.807) is 12.3 Å². The fraction of sp³-hybridized carbons (Fsp3) is 0.550. The van der Waals surface area contributed by atoms with E-state index in [4.69, 9.17) is 9.15 Å². The Labute approximate surface area is 164 Å². The quantitative estimate of drug-likeness (QED) is 0.437. The number of aryl methyl sites for hydroxylation is 1. The van der Waals surface area contributed by atoms with E-state index in [1.807, 2.05) is 19.2 Å². The Bertz CT molecular complexity index is 764. The van der Waals surface area contributed by atoms with Crippen LogP contribution in [0.15, 0.2) is 27.8 Å². The lowest BCUT2D eigenvalue weighted by Gasteiger charge is -2.28. The molecule has 0 spiro atoms. The summed E-state index contributed by atoms with van der Waals surface area (Å²) in [4.78, 5) is 21.6. The van der Waals surface area contributed by atoms with Crippen LogP contribution in [0.3, 0.4) is 0 Å². The fourth-order valence-electron chi connectivity index (χ4n) is 3.46. The van der Waals surface area contributed by atoms with Crippen LogP contribution in [0.5, 0.6) is 0 Å². The fourth-order valence-corrected chi connectivity index (χ4v) is 4.09. The van der Waals surface area contributed by atoms with Crippen molar-refractivity contribution in [3.63, 3.8) is 0 Å². The van der Waals surface area contributed by atoms with Crippen LogP contribution < -0.4 is 5.32 Å². The second kappa shape index (κ2) is 9.37. The molecule has 2 unspecified atom stereocenters. The Morgan fingerprint density at radius 2 is 2.19 bits per heavy atom. The first-order valence-electron chi connectivity index (χ1n) is 9.46. The first kappa shape index (κ1) is 19.9. The third-order valence-electron chi connectivity index (χ3n) is 4.97. The number of carbonyl (C=O) groups is 1. The Balaban J connectivity index is 1.60. The Morgan fingerprint density at radius 3 is 2.89 bits per heavy atom. The molecule has 2 aromatic rings. The lowest BCUT2D eigenvalue weighted by atomic mass is 9.88. The molecule has 2 atom stereocenters. The number of aromatic nitrogens is 2. The van der Waals surface area contributed by atoms with Crippen LogP contribution in [0.25, 0.3) is 11.6 Å². The minimum atomic E-state index is -0.164. The van der Waals surface area contributed by atoms with Crippen LogP contribution in [-0.4, -0.2) is 41.4 Å². The molecular formula is C20H27N3O3S. The van der Waals surface area contributed by atoms with Crippen LogP contribution in [0.2, 0.25) is 0 Å². The maximum absolute atomic E-state index is 12.7. The Hall–Kier alpha value is -1.86. The van der Waals surface area contributed by atoms with Gasteiger partial charge in [0.15, 0.2) is 11.6 Å². The van der Waals surface area contributed by atoms with Crippen LogP contribution in [0, 0.1) is 12.8 Å². The van der Waals surface area contributed by atoms with E-state index in [0.717, 1.165) is 6.42 Å². The molecule has 1 saturated carbocycles. The number of nitrogens with one attached hydrogen (secondary N) is 1. The van der Waals surface area contributed by atoms with E-state index in [0.29, 0.717) is 53.0 Å². The molecule has 1 aliphatic carbocycles. The molecular weight excluding hydrogens is 362 g/mol. The number of amides is 1. The van der Waals surface area contributed by atoms with Crippen molar-refractivity contribution in [1.82, 2.24) is 15.3 Å². The maximum atomic E-state index is 12.7. The topological polar surface area (TPSA) is 77.2 Å². The number of nitrogens with zero attached hydrogens (tertiary/aromatic N) is 2. The molecule has 7 heteroatoms. The summed E-state index contributed by atoms with van der Waals surface area (Å²) in [6.45, 7) is 5.08. The highest BCUT2D eigenvalue weighted by Gasteiger charge is 2.22. The van der Waals surface area contributed by atoms with Gasteiger partial charge in [-0.05, 0) is 44.1 Å². The molecule has 2 aromatic heterocycles. The highest BCUT2D eigenvalue weighted by Crippen LogP contribution is 2.26. The second-order valence-electron chi connectivity index (χ2n) is 6.92. The third-order valence-corrected chi connectivity index (χ3v) is 5.65. The van der Waals surface area contributed by atoms with Gasteiger partial charge in [-0.25, -0.2) is 9.97 Å². The molecule has 6 nitrogen and oxygen atoms in total. The SMILES string of the molecule is CSc1nc(-c2ccco2)nc(C)c1C(=O)NCCOC1CCCCC1C. The van der Waals surface area contributed by atoms with Crippen molar-refractivity contribution in [3.05, 3.63) is 29.7 Å². The molecule has 27 heavy (non-hydrogen) atoms. The van der Waals surface area contributed by atoms with Crippen LogP contribution in [-0.2, 0) is 4.74 Å². The van der Waals surface area contributed by atoms with Gasteiger partial charge in [-0.1, -0.05) is 19.8 Å². The van der Waals surface area contributed by atoms with Crippen molar-refractivity contribution in [2.75, 3.05) is 19.4 Å². The predicted octanol–water partition coefficient (Wildman–Crippen LogP) is 4.09. The molecule has 2 heterocycles. The summed E-state index contributed by atoms with van der Waals surface area (Å²) < 4.78 is 11.3.